The number of amides is 4. The van der Waals surface area contributed by atoms with Crippen molar-refractivity contribution in [1.29, 1.82) is 0 Å². The summed E-state index contributed by atoms with van der Waals surface area (Å²) in [6.07, 6.45) is 3.31. The first kappa shape index (κ1) is 26.8. The Bertz CT molecular complexity index is 1050. The summed E-state index contributed by atoms with van der Waals surface area (Å²) in [6.45, 7) is 6.41. The number of Topliss-reactive ketones (excluding diaryl/α,β-unsaturated/α-hetero) is 1. The number of carbonyl (C=O) groups is 5. The molecule has 2 unspecified atom stereocenters. The van der Waals surface area contributed by atoms with Crippen LogP contribution in [0.5, 0.6) is 0 Å². The number of benzene rings is 1. The van der Waals surface area contributed by atoms with E-state index in [2.05, 4.69) is 21.3 Å². The maximum absolute atomic E-state index is 13.5. The van der Waals surface area contributed by atoms with E-state index in [1.165, 1.54) is 0 Å². The van der Waals surface area contributed by atoms with Gasteiger partial charge in [-0.3, -0.25) is 24.0 Å². The third-order valence-corrected chi connectivity index (χ3v) is 7.26. The highest BCUT2D eigenvalue weighted by atomic mass is 16.2. The average molecular weight is 511 g/mol. The summed E-state index contributed by atoms with van der Waals surface area (Å²) in [7, 11) is 0. The first-order valence-electron chi connectivity index (χ1n) is 13.3. The molecular formula is C28H38N4O5. The maximum atomic E-state index is 13.5. The molecule has 4 N–H and O–H groups in total. The van der Waals surface area contributed by atoms with E-state index in [1.54, 1.807) is 0 Å². The highest BCUT2D eigenvalue weighted by Gasteiger charge is 2.45. The lowest BCUT2D eigenvalue weighted by molar-refractivity contribution is -0.141. The van der Waals surface area contributed by atoms with E-state index in [0.29, 0.717) is 19.4 Å². The number of nitrogens with one attached hydrogen (secondary N) is 4. The number of carbonyl (C=O) groups excluding carboxylic acids is 5. The summed E-state index contributed by atoms with van der Waals surface area (Å²) in [5, 5.41) is 11.0. The highest BCUT2D eigenvalue weighted by molar-refractivity contribution is 6.38. The smallest absolute Gasteiger partial charge is 0.289 e. The Labute approximate surface area is 217 Å². The van der Waals surface area contributed by atoms with Crippen molar-refractivity contribution in [2.45, 2.75) is 83.3 Å². The molecular weight excluding hydrogens is 472 g/mol. The predicted molar refractivity (Wildman–Crippen MR) is 137 cm³/mol. The number of hydrogen-bond acceptors (Lipinski definition) is 5. The van der Waals surface area contributed by atoms with Crippen LogP contribution in [0.3, 0.4) is 0 Å². The molecule has 0 radical (unpaired) electrons. The zero-order chi connectivity index (χ0) is 26.7. The first-order valence-corrected chi connectivity index (χ1v) is 13.3. The zero-order valence-electron chi connectivity index (χ0n) is 21.8. The van der Waals surface area contributed by atoms with Gasteiger partial charge in [0.05, 0.1) is 6.04 Å². The van der Waals surface area contributed by atoms with Crippen LogP contribution < -0.4 is 21.3 Å². The molecule has 9 nitrogen and oxygen atoms in total. The maximum Gasteiger partial charge on any atom is 0.289 e. The van der Waals surface area contributed by atoms with Crippen LogP contribution >= 0.6 is 0 Å². The molecule has 0 bridgehead atoms. The monoisotopic (exact) mass is 510 g/mol. The van der Waals surface area contributed by atoms with Crippen LogP contribution in [-0.2, 0) is 24.0 Å². The van der Waals surface area contributed by atoms with Crippen LogP contribution in [0.4, 0.5) is 0 Å². The van der Waals surface area contributed by atoms with Crippen LogP contribution in [0.15, 0.2) is 30.3 Å². The molecule has 2 aliphatic carbocycles. The third kappa shape index (κ3) is 7.40. The lowest BCUT2D eigenvalue weighted by atomic mass is 9.87. The van der Waals surface area contributed by atoms with Gasteiger partial charge in [0.15, 0.2) is 0 Å². The van der Waals surface area contributed by atoms with E-state index in [4.69, 9.17) is 0 Å². The predicted octanol–water partition coefficient (Wildman–Crippen LogP) is 1.57. The van der Waals surface area contributed by atoms with Gasteiger partial charge in [0.2, 0.25) is 23.5 Å². The normalized spacial score (nSPS) is 24.4. The number of hydrogen-bond donors (Lipinski definition) is 4. The fraction of sp³-hybridized carbons (Fsp3) is 0.607. The molecule has 4 rings (SSSR count). The van der Waals surface area contributed by atoms with Gasteiger partial charge in [0.1, 0.15) is 6.04 Å². The second-order valence-corrected chi connectivity index (χ2v) is 11.9. The molecule has 1 saturated heterocycles. The minimum atomic E-state index is -1.14. The second-order valence-electron chi connectivity index (χ2n) is 11.9. The topological polar surface area (TPSA) is 133 Å². The number of ketones is 1. The van der Waals surface area contributed by atoms with E-state index < -0.39 is 35.6 Å². The minimum Gasteiger partial charge on any atom is -0.356 e. The molecule has 1 aromatic carbocycles. The van der Waals surface area contributed by atoms with Gasteiger partial charge >= 0.3 is 0 Å². The molecule has 5 atom stereocenters. The van der Waals surface area contributed by atoms with Crippen molar-refractivity contribution < 1.29 is 24.0 Å². The van der Waals surface area contributed by atoms with Crippen LogP contribution in [-0.4, -0.2) is 54.1 Å². The Morgan fingerprint density at radius 1 is 1.00 bits per heavy atom. The Kier molecular flexibility index (Phi) is 7.99. The quantitative estimate of drug-likeness (QED) is 0.336. The molecule has 1 aliphatic heterocycles. The Morgan fingerprint density at radius 3 is 2.30 bits per heavy atom. The molecule has 4 amide bonds. The summed E-state index contributed by atoms with van der Waals surface area (Å²) in [5.74, 6) is -2.94. The second kappa shape index (κ2) is 11.0. The SMILES string of the molecule is CC(C)(C)CC(NC(=O)[C@@H]1C[C@H]1c1ccccc1)C(=O)NC(C[C@@H]1CCNC1=O)C(=O)C(=O)NC1CC1. The molecule has 9 heteroatoms. The highest BCUT2D eigenvalue weighted by Crippen LogP contribution is 2.47. The van der Waals surface area contributed by atoms with Gasteiger partial charge in [-0.15, -0.1) is 0 Å². The lowest BCUT2D eigenvalue weighted by Crippen LogP contribution is -2.55. The van der Waals surface area contributed by atoms with Gasteiger partial charge in [0.25, 0.3) is 5.91 Å². The van der Waals surface area contributed by atoms with Crippen molar-refractivity contribution in [3.8, 4) is 0 Å². The van der Waals surface area contributed by atoms with Gasteiger partial charge in [0, 0.05) is 24.4 Å². The molecule has 3 fully saturated rings. The van der Waals surface area contributed by atoms with Crippen molar-refractivity contribution >= 4 is 29.4 Å². The summed E-state index contributed by atoms with van der Waals surface area (Å²) in [5.41, 5.74) is 0.813. The standard InChI is InChI=1S/C28H38N4O5/c1-28(2,3)15-22(32-25(35)20-14-19(20)16-7-5-4-6-8-16)26(36)31-21(13-17-11-12-29-24(17)34)23(33)27(37)30-18-9-10-18/h4-8,17-22H,9-15H2,1-3H3,(H,29,34)(H,30,37)(H,31,36)(H,32,35)/t17-,19-,20+,21?,22?/m0/s1. The van der Waals surface area contributed by atoms with Crippen LogP contribution in [0.25, 0.3) is 0 Å². The largest absolute Gasteiger partial charge is 0.356 e. The first-order chi connectivity index (χ1) is 17.5. The summed E-state index contributed by atoms with van der Waals surface area (Å²) in [6, 6.07) is 7.80. The average Bonchev–Trinajstić information content (AvgIpc) is 3.77. The molecule has 2 saturated carbocycles. The Morgan fingerprint density at radius 2 is 1.70 bits per heavy atom. The molecule has 37 heavy (non-hydrogen) atoms. The lowest BCUT2D eigenvalue weighted by Gasteiger charge is -2.28. The van der Waals surface area contributed by atoms with Crippen molar-refractivity contribution in [3.63, 3.8) is 0 Å². The summed E-state index contributed by atoms with van der Waals surface area (Å²) < 4.78 is 0. The molecule has 0 spiro atoms. The van der Waals surface area contributed by atoms with Gasteiger partial charge in [-0.25, -0.2) is 0 Å². The fourth-order valence-electron chi connectivity index (χ4n) is 4.95. The third-order valence-electron chi connectivity index (χ3n) is 7.26. The minimum absolute atomic E-state index is 0.00777. The van der Waals surface area contributed by atoms with Crippen molar-refractivity contribution in [2.24, 2.45) is 17.3 Å². The van der Waals surface area contributed by atoms with Gasteiger partial charge in [-0.2, -0.15) is 0 Å². The van der Waals surface area contributed by atoms with Gasteiger partial charge < -0.3 is 21.3 Å². The fourth-order valence-corrected chi connectivity index (χ4v) is 4.95. The van der Waals surface area contributed by atoms with E-state index in [-0.39, 0.29) is 41.5 Å². The van der Waals surface area contributed by atoms with Crippen molar-refractivity contribution in [2.75, 3.05) is 6.54 Å². The molecule has 200 valence electrons. The molecule has 1 heterocycles. The summed E-state index contributed by atoms with van der Waals surface area (Å²) in [4.78, 5) is 64.3. The van der Waals surface area contributed by atoms with E-state index in [9.17, 15) is 24.0 Å². The van der Waals surface area contributed by atoms with E-state index >= 15 is 0 Å². The van der Waals surface area contributed by atoms with E-state index in [0.717, 1.165) is 24.8 Å². The van der Waals surface area contributed by atoms with Crippen LogP contribution in [0.2, 0.25) is 0 Å². The van der Waals surface area contributed by atoms with E-state index in [1.807, 2.05) is 51.1 Å². The van der Waals surface area contributed by atoms with Crippen LogP contribution in [0.1, 0.15) is 70.8 Å². The molecule has 1 aromatic rings. The van der Waals surface area contributed by atoms with Crippen LogP contribution in [0, 0.1) is 17.3 Å². The Hall–Kier alpha value is -3.23. The molecule has 0 aromatic heterocycles. The number of rotatable bonds is 11. The van der Waals surface area contributed by atoms with Crippen molar-refractivity contribution in [3.05, 3.63) is 35.9 Å². The van der Waals surface area contributed by atoms with Crippen molar-refractivity contribution in [1.82, 2.24) is 21.3 Å². The van der Waals surface area contributed by atoms with Gasteiger partial charge in [-0.1, -0.05) is 51.1 Å². The summed E-state index contributed by atoms with van der Waals surface area (Å²) >= 11 is 0. The Balaban J connectivity index is 1.44. The zero-order valence-corrected chi connectivity index (χ0v) is 21.8. The molecule has 3 aliphatic rings. The van der Waals surface area contributed by atoms with Gasteiger partial charge in [-0.05, 0) is 55.4 Å².